The topological polar surface area (TPSA) is 61.9 Å². The summed E-state index contributed by atoms with van der Waals surface area (Å²) in [6.45, 7) is 1.70. The Labute approximate surface area is 225 Å². The number of rotatable bonds is 5. The molecule has 0 spiro atoms. The first-order valence-electron chi connectivity index (χ1n) is 11.2. The molecule has 1 fully saturated rings. The molecule has 0 aliphatic carbocycles. The molecule has 1 aliphatic rings. The number of piperazine rings is 1. The van der Waals surface area contributed by atoms with E-state index < -0.39 is 17.7 Å². The van der Waals surface area contributed by atoms with Crippen molar-refractivity contribution in [3.8, 4) is 0 Å². The van der Waals surface area contributed by atoms with E-state index in [4.69, 9.17) is 16.3 Å². The highest BCUT2D eigenvalue weighted by Crippen LogP contribution is 2.36. The molecule has 1 saturated heterocycles. The monoisotopic (exact) mass is 595 g/mol. The second-order valence-electron chi connectivity index (χ2n) is 8.32. The predicted molar refractivity (Wildman–Crippen MR) is 141 cm³/mol. The fraction of sp³-hybridized carbons (Fsp3) is 0.231. The highest BCUT2D eigenvalue weighted by molar-refractivity contribution is 9.10. The largest absolute Gasteiger partial charge is 0.465 e. The van der Waals surface area contributed by atoms with Gasteiger partial charge in [-0.3, -0.25) is 4.79 Å². The van der Waals surface area contributed by atoms with Crippen molar-refractivity contribution in [1.82, 2.24) is 0 Å². The third-order valence-electron chi connectivity index (χ3n) is 6.01. The minimum Gasteiger partial charge on any atom is -0.465 e. The molecule has 1 aliphatic heterocycles. The molecular weight excluding hydrogens is 575 g/mol. The number of hydrogen-bond acceptors (Lipinski definition) is 5. The first-order chi connectivity index (χ1) is 17.6. The van der Waals surface area contributed by atoms with Crippen molar-refractivity contribution < 1.29 is 27.5 Å². The third-order valence-corrected chi connectivity index (χ3v) is 6.86. The summed E-state index contributed by atoms with van der Waals surface area (Å²) in [7, 11) is 1.27. The Balaban J connectivity index is 1.57. The van der Waals surface area contributed by atoms with Gasteiger partial charge in [-0.25, -0.2) is 4.79 Å². The fourth-order valence-electron chi connectivity index (χ4n) is 4.07. The van der Waals surface area contributed by atoms with Crippen LogP contribution in [-0.4, -0.2) is 45.2 Å². The highest BCUT2D eigenvalue weighted by Gasteiger charge is 2.32. The van der Waals surface area contributed by atoms with Crippen LogP contribution in [0.15, 0.2) is 65.1 Å². The van der Waals surface area contributed by atoms with Crippen molar-refractivity contribution in [3.63, 3.8) is 0 Å². The lowest BCUT2D eigenvalue weighted by Crippen LogP contribution is -2.47. The minimum atomic E-state index is -4.47. The number of esters is 1. The number of carbonyl (C=O) groups excluding carboxylic acids is 2. The number of benzene rings is 3. The first kappa shape index (κ1) is 26.8. The van der Waals surface area contributed by atoms with Crippen LogP contribution in [0, 0.1) is 0 Å². The molecule has 3 aromatic carbocycles. The second kappa shape index (κ2) is 11.0. The maximum atomic E-state index is 13.2. The van der Waals surface area contributed by atoms with E-state index in [2.05, 4.69) is 21.2 Å². The zero-order valence-corrected chi connectivity index (χ0v) is 22.0. The van der Waals surface area contributed by atoms with Crippen molar-refractivity contribution in [1.29, 1.82) is 0 Å². The minimum absolute atomic E-state index is 0.242. The van der Waals surface area contributed by atoms with E-state index >= 15 is 0 Å². The van der Waals surface area contributed by atoms with E-state index in [-0.39, 0.29) is 16.5 Å². The smallest absolute Gasteiger partial charge is 0.416 e. The SMILES string of the molecule is COC(=O)c1ccc(N2CCN(c3cc(C(F)(F)F)ccc3Cl)CC2)c(NC(=O)c2ccc(Br)cc2)c1. The average molecular weight is 597 g/mol. The fourth-order valence-corrected chi connectivity index (χ4v) is 4.57. The van der Waals surface area contributed by atoms with Crippen LogP contribution in [0.5, 0.6) is 0 Å². The Morgan fingerprint density at radius 1 is 0.892 bits per heavy atom. The molecule has 3 aromatic rings. The number of methoxy groups -OCH3 is 1. The number of hydrogen-bond donors (Lipinski definition) is 1. The predicted octanol–water partition coefficient (Wildman–Crippen LogP) is 6.49. The van der Waals surface area contributed by atoms with Gasteiger partial charge in [-0.2, -0.15) is 13.2 Å². The average Bonchev–Trinajstić information content (AvgIpc) is 2.88. The lowest BCUT2D eigenvalue weighted by Gasteiger charge is -2.38. The molecule has 1 amide bonds. The van der Waals surface area contributed by atoms with E-state index in [1.165, 1.54) is 13.2 Å². The maximum absolute atomic E-state index is 13.2. The van der Waals surface area contributed by atoms with Crippen LogP contribution in [0.2, 0.25) is 5.02 Å². The molecule has 11 heteroatoms. The quantitative estimate of drug-likeness (QED) is 0.342. The van der Waals surface area contributed by atoms with E-state index in [9.17, 15) is 22.8 Å². The molecule has 1 heterocycles. The van der Waals surface area contributed by atoms with Crippen molar-refractivity contribution in [2.45, 2.75) is 6.18 Å². The molecule has 0 radical (unpaired) electrons. The summed E-state index contributed by atoms with van der Waals surface area (Å²) in [6, 6.07) is 15.0. The van der Waals surface area contributed by atoms with Crippen LogP contribution in [0.4, 0.5) is 30.2 Å². The molecule has 1 N–H and O–H groups in total. The van der Waals surface area contributed by atoms with Gasteiger partial charge < -0.3 is 19.9 Å². The number of amides is 1. The molecule has 0 saturated carbocycles. The number of halogens is 5. The Morgan fingerprint density at radius 2 is 1.49 bits per heavy atom. The number of alkyl halides is 3. The van der Waals surface area contributed by atoms with Crippen LogP contribution in [-0.2, 0) is 10.9 Å². The molecule has 0 bridgehead atoms. The summed E-state index contributed by atoms with van der Waals surface area (Å²) in [6.07, 6.45) is -4.47. The van der Waals surface area contributed by atoms with Crippen LogP contribution in [0.3, 0.4) is 0 Å². The molecule has 194 valence electrons. The summed E-state index contributed by atoms with van der Waals surface area (Å²) in [4.78, 5) is 28.8. The van der Waals surface area contributed by atoms with Gasteiger partial charge in [0, 0.05) is 36.2 Å². The molecule has 6 nitrogen and oxygen atoms in total. The molecule has 0 atom stereocenters. The molecule has 4 rings (SSSR count). The standard InChI is InChI=1S/C26H22BrClF3N3O3/c1-37-25(36)17-4-9-22(21(14-17)32-24(35)16-2-6-19(27)7-3-16)33-10-12-34(13-11-33)23-15-18(26(29,30)31)5-8-20(23)28/h2-9,14-15H,10-13H2,1H3,(H,32,35). The zero-order chi connectivity index (χ0) is 26.7. The van der Waals surface area contributed by atoms with Gasteiger partial charge in [0.2, 0.25) is 0 Å². The van der Waals surface area contributed by atoms with E-state index in [1.807, 2.05) is 4.90 Å². The second-order valence-corrected chi connectivity index (χ2v) is 9.65. The van der Waals surface area contributed by atoms with Gasteiger partial charge in [-0.15, -0.1) is 0 Å². The number of carbonyl (C=O) groups is 2. The maximum Gasteiger partial charge on any atom is 0.416 e. The number of nitrogens with zero attached hydrogens (tertiary/aromatic N) is 2. The molecule has 0 aromatic heterocycles. The van der Waals surface area contributed by atoms with Crippen molar-refractivity contribution in [3.05, 3.63) is 86.8 Å². The normalized spacial score (nSPS) is 13.9. The van der Waals surface area contributed by atoms with Crippen LogP contribution in [0.1, 0.15) is 26.3 Å². The van der Waals surface area contributed by atoms with Crippen molar-refractivity contribution in [2.24, 2.45) is 0 Å². The number of ether oxygens (including phenoxy) is 1. The van der Waals surface area contributed by atoms with Gasteiger partial charge >= 0.3 is 12.1 Å². The summed E-state index contributed by atoms with van der Waals surface area (Å²) < 4.78 is 45.3. The Bertz CT molecular complexity index is 1310. The van der Waals surface area contributed by atoms with Crippen molar-refractivity contribution >= 4 is 56.5 Å². The Hall–Kier alpha value is -3.24. The van der Waals surface area contributed by atoms with Gasteiger partial charge in [-0.05, 0) is 60.7 Å². The summed E-state index contributed by atoms with van der Waals surface area (Å²) in [5, 5.41) is 3.12. The van der Waals surface area contributed by atoms with Gasteiger partial charge in [0.15, 0.2) is 0 Å². The Kier molecular flexibility index (Phi) is 7.99. The van der Waals surface area contributed by atoms with Gasteiger partial charge in [0.05, 0.1) is 40.3 Å². The van der Waals surface area contributed by atoms with Gasteiger partial charge in [-0.1, -0.05) is 27.5 Å². The third kappa shape index (κ3) is 6.19. The van der Waals surface area contributed by atoms with Crippen molar-refractivity contribution in [2.75, 3.05) is 48.4 Å². The van der Waals surface area contributed by atoms with Gasteiger partial charge in [0.25, 0.3) is 5.91 Å². The number of anilines is 3. The Morgan fingerprint density at radius 3 is 2.08 bits per heavy atom. The van der Waals surface area contributed by atoms with Crippen LogP contribution in [0.25, 0.3) is 0 Å². The lowest BCUT2D eigenvalue weighted by atomic mass is 10.1. The lowest BCUT2D eigenvalue weighted by molar-refractivity contribution is -0.137. The van der Waals surface area contributed by atoms with Crippen LogP contribution >= 0.6 is 27.5 Å². The first-order valence-corrected chi connectivity index (χ1v) is 12.4. The zero-order valence-electron chi connectivity index (χ0n) is 19.6. The summed E-state index contributed by atoms with van der Waals surface area (Å²) in [5.41, 5.74) is 1.36. The molecule has 37 heavy (non-hydrogen) atoms. The summed E-state index contributed by atoms with van der Waals surface area (Å²) in [5.74, 6) is -0.903. The summed E-state index contributed by atoms with van der Waals surface area (Å²) >= 11 is 9.57. The highest BCUT2D eigenvalue weighted by atomic mass is 79.9. The van der Waals surface area contributed by atoms with E-state index in [1.54, 1.807) is 47.4 Å². The number of nitrogens with one attached hydrogen (secondary N) is 1. The van der Waals surface area contributed by atoms with Gasteiger partial charge in [0.1, 0.15) is 0 Å². The van der Waals surface area contributed by atoms with Crippen LogP contribution < -0.4 is 15.1 Å². The van der Waals surface area contributed by atoms with E-state index in [0.29, 0.717) is 48.8 Å². The van der Waals surface area contributed by atoms with E-state index in [0.717, 1.165) is 16.6 Å². The molecule has 0 unspecified atom stereocenters. The molecular formula is C26H22BrClF3N3O3.